The number of hydrogen-bond donors (Lipinski definition) is 2. The summed E-state index contributed by atoms with van der Waals surface area (Å²) >= 11 is 2.06. The van der Waals surface area contributed by atoms with Crippen LogP contribution < -0.4 is 10.6 Å². The van der Waals surface area contributed by atoms with Crippen molar-refractivity contribution in [3.63, 3.8) is 0 Å². The lowest BCUT2D eigenvalue weighted by Gasteiger charge is -2.39. The maximum Gasteiger partial charge on any atom is 0.299 e. The normalized spacial score (nSPS) is 18.2. The highest BCUT2D eigenvalue weighted by atomic mass is 127. The van der Waals surface area contributed by atoms with Crippen molar-refractivity contribution < 1.29 is 22.8 Å². The fourth-order valence-corrected chi connectivity index (χ4v) is 6.57. The van der Waals surface area contributed by atoms with Gasteiger partial charge in [-0.15, -0.1) is 12.4 Å². The van der Waals surface area contributed by atoms with Crippen LogP contribution in [0.2, 0.25) is 0 Å². The summed E-state index contributed by atoms with van der Waals surface area (Å²) in [6.45, 7) is 0.388. The average molecular weight is 660 g/mol. The molecular weight excluding hydrogens is 633 g/mol. The summed E-state index contributed by atoms with van der Waals surface area (Å²) in [5.41, 5.74) is 6.10. The molecule has 3 N–H and O–H groups in total. The molecule has 0 aliphatic carbocycles. The van der Waals surface area contributed by atoms with Gasteiger partial charge < -0.3 is 20.4 Å². The van der Waals surface area contributed by atoms with Crippen molar-refractivity contribution >= 4 is 74.1 Å². The lowest BCUT2D eigenvalue weighted by atomic mass is 10.0. The van der Waals surface area contributed by atoms with Crippen molar-refractivity contribution in [2.75, 3.05) is 31.6 Å². The van der Waals surface area contributed by atoms with E-state index in [9.17, 15) is 22.8 Å². The largest absolute Gasteiger partial charge is 0.370 e. The maximum atomic E-state index is 13.8. The number of guanidine groups is 1. The van der Waals surface area contributed by atoms with E-state index in [1.807, 2.05) is 0 Å². The van der Waals surface area contributed by atoms with Gasteiger partial charge in [-0.05, 0) is 71.8 Å². The molecule has 0 bridgehead atoms. The standard InChI is InChI=1S/C24H26IN5O5S.ClH/c1-28(16-5-4-12-29(13-16)24(26)27)22(32)20(36(34,35)17-10-8-15(25)9-11-17)14-30-19-7-3-2-6-18(19)21(31)23(30)33;/h2-3,6-11,16,20H,4-5,12-14H2,1H3,(H3,26,27);1H/t16-,20?;/m0./s1. The Kier molecular flexibility index (Phi) is 8.85. The second-order valence-corrected chi connectivity index (χ2v) is 12.2. The number of carbonyl (C=O) groups excluding carboxylic acids is 3. The number of nitrogens with zero attached hydrogens (tertiary/aromatic N) is 3. The Balaban J connectivity index is 0.00000380. The van der Waals surface area contributed by atoms with Gasteiger partial charge in [0.1, 0.15) is 0 Å². The SMILES string of the molecule is CN(C(=O)C(CN1C(=O)C(=O)c2ccccc21)S(=O)(=O)c1ccc(I)cc1)[C@H]1CCCN(C(=N)N)C1.Cl. The van der Waals surface area contributed by atoms with Crippen LogP contribution in [-0.4, -0.2) is 79.7 Å². The third kappa shape index (κ3) is 5.60. The Morgan fingerprint density at radius 1 is 1.19 bits per heavy atom. The highest BCUT2D eigenvalue weighted by Gasteiger charge is 2.44. The van der Waals surface area contributed by atoms with Gasteiger partial charge in [0.25, 0.3) is 11.7 Å². The predicted octanol–water partition coefficient (Wildman–Crippen LogP) is 1.90. The lowest BCUT2D eigenvalue weighted by molar-refractivity contribution is -0.132. The number of anilines is 1. The summed E-state index contributed by atoms with van der Waals surface area (Å²) in [5, 5.41) is 6.09. The smallest absolute Gasteiger partial charge is 0.299 e. The number of fused-ring (bicyclic) bond motifs is 1. The molecule has 2 amide bonds. The zero-order valence-electron chi connectivity index (χ0n) is 20.0. The van der Waals surface area contributed by atoms with Crippen LogP contribution in [0.15, 0.2) is 53.4 Å². The van der Waals surface area contributed by atoms with Crippen LogP contribution in [0.3, 0.4) is 0 Å². The van der Waals surface area contributed by atoms with E-state index in [2.05, 4.69) is 22.6 Å². The Morgan fingerprint density at radius 3 is 2.49 bits per heavy atom. The Hall–Kier alpha value is -2.71. The van der Waals surface area contributed by atoms with Crippen molar-refractivity contribution in [1.82, 2.24) is 9.80 Å². The summed E-state index contributed by atoms with van der Waals surface area (Å²) in [5.74, 6) is -2.40. The average Bonchev–Trinajstić information content (AvgIpc) is 3.11. The molecular formula is C24H27ClIN5O5S. The Morgan fingerprint density at radius 2 is 1.84 bits per heavy atom. The molecule has 2 aromatic rings. The fourth-order valence-electron chi connectivity index (χ4n) is 4.59. The molecule has 10 nitrogen and oxygen atoms in total. The number of nitrogens with one attached hydrogen (secondary N) is 1. The summed E-state index contributed by atoms with van der Waals surface area (Å²) in [6.07, 6.45) is 1.30. The summed E-state index contributed by atoms with van der Waals surface area (Å²) < 4.78 is 28.4. The number of para-hydroxylation sites is 1. The number of halogens is 2. The minimum atomic E-state index is -4.24. The van der Waals surface area contributed by atoms with Crippen molar-refractivity contribution in [2.45, 2.75) is 29.0 Å². The van der Waals surface area contributed by atoms with Crippen LogP contribution in [0.4, 0.5) is 5.69 Å². The van der Waals surface area contributed by atoms with Gasteiger partial charge >= 0.3 is 0 Å². The van der Waals surface area contributed by atoms with E-state index in [1.165, 1.54) is 30.1 Å². The molecule has 2 aromatic carbocycles. The number of likely N-dealkylation sites (N-methyl/N-ethyl adjacent to an activating group) is 1. The Bertz CT molecular complexity index is 1340. The van der Waals surface area contributed by atoms with E-state index < -0.39 is 39.2 Å². The molecule has 0 aromatic heterocycles. The minimum absolute atomic E-state index is 0. The first-order valence-corrected chi connectivity index (χ1v) is 13.9. The van der Waals surface area contributed by atoms with Crippen LogP contribution >= 0.6 is 35.0 Å². The van der Waals surface area contributed by atoms with E-state index in [4.69, 9.17) is 11.1 Å². The van der Waals surface area contributed by atoms with Crippen LogP contribution in [0.5, 0.6) is 0 Å². The number of rotatable bonds is 6. The maximum absolute atomic E-state index is 13.8. The van der Waals surface area contributed by atoms with Crippen molar-refractivity contribution in [3.8, 4) is 0 Å². The van der Waals surface area contributed by atoms with Crippen LogP contribution in [-0.2, 0) is 19.4 Å². The number of benzene rings is 2. The number of Topliss-reactive ketones (excluding diaryl/α,β-unsaturated/α-hetero) is 1. The first kappa shape index (κ1) is 28.9. The van der Waals surface area contributed by atoms with E-state index in [-0.39, 0.29) is 40.6 Å². The predicted molar refractivity (Wildman–Crippen MR) is 150 cm³/mol. The van der Waals surface area contributed by atoms with E-state index in [0.29, 0.717) is 25.9 Å². The third-order valence-electron chi connectivity index (χ3n) is 6.65. The highest BCUT2D eigenvalue weighted by Crippen LogP contribution is 2.31. The first-order valence-electron chi connectivity index (χ1n) is 11.3. The molecule has 0 saturated carbocycles. The monoisotopic (exact) mass is 659 g/mol. The molecule has 13 heteroatoms. The molecule has 2 aliphatic rings. The number of hydrogen-bond acceptors (Lipinski definition) is 6. The summed E-state index contributed by atoms with van der Waals surface area (Å²) in [6, 6.07) is 12.1. The van der Waals surface area contributed by atoms with Crippen LogP contribution in [0.1, 0.15) is 23.2 Å². The number of sulfone groups is 1. The minimum Gasteiger partial charge on any atom is -0.370 e. The summed E-state index contributed by atoms with van der Waals surface area (Å²) in [4.78, 5) is 43.2. The molecule has 1 fully saturated rings. The number of carbonyl (C=O) groups is 3. The lowest BCUT2D eigenvalue weighted by Crippen LogP contribution is -2.56. The third-order valence-corrected chi connectivity index (χ3v) is 9.40. The van der Waals surface area contributed by atoms with Gasteiger partial charge in [-0.2, -0.15) is 0 Å². The number of nitrogens with two attached hydrogens (primary N) is 1. The van der Waals surface area contributed by atoms with Gasteiger partial charge in [-0.1, -0.05) is 12.1 Å². The molecule has 198 valence electrons. The number of amides is 2. The molecule has 1 unspecified atom stereocenters. The van der Waals surface area contributed by atoms with Crippen molar-refractivity contribution in [2.24, 2.45) is 5.73 Å². The summed E-state index contributed by atoms with van der Waals surface area (Å²) in [7, 11) is -2.72. The van der Waals surface area contributed by atoms with E-state index in [0.717, 1.165) is 8.47 Å². The molecule has 2 atom stereocenters. The fraction of sp³-hybridized carbons (Fsp3) is 0.333. The van der Waals surface area contributed by atoms with Crippen LogP contribution in [0, 0.1) is 8.98 Å². The molecule has 2 heterocycles. The highest BCUT2D eigenvalue weighted by molar-refractivity contribution is 14.1. The number of piperidine rings is 1. The van der Waals surface area contributed by atoms with Gasteiger partial charge in [-0.25, -0.2) is 8.42 Å². The van der Waals surface area contributed by atoms with Gasteiger partial charge in [-0.3, -0.25) is 19.8 Å². The van der Waals surface area contributed by atoms with Gasteiger partial charge in [0, 0.05) is 29.7 Å². The molecule has 1 saturated heterocycles. The molecule has 0 spiro atoms. The van der Waals surface area contributed by atoms with E-state index >= 15 is 0 Å². The molecule has 4 rings (SSSR count). The molecule has 37 heavy (non-hydrogen) atoms. The van der Waals surface area contributed by atoms with Crippen molar-refractivity contribution in [3.05, 3.63) is 57.7 Å². The number of likely N-dealkylation sites (tertiary alicyclic amines) is 1. The zero-order valence-corrected chi connectivity index (χ0v) is 23.8. The second kappa shape index (κ2) is 11.4. The Labute approximate surface area is 235 Å². The van der Waals surface area contributed by atoms with E-state index in [1.54, 1.807) is 35.2 Å². The molecule has 0 radical (unpaired) electrons. The van der Waals surface area contributed by atoms with Gasteiger partial charge in [0.05, 0.1) is 22.7 Å². The van der Waals surface area contributed by atoms with Gasteiger partial charge in [0.15, 0.2) is 21.0 Å². The van der Waals surface area contributed by atoms with Crippen LogP contribution in [0.25, 0.3) is 0 Å². The van der Waals surface area contributed by atoms with Crippen molar-refractivity contribution in [1.29, 1.82) is 5.41 Å². The second-order valence-electron chi connectivity index (χ2n) is 8.83. The first-order chi connectivity index (χ1) is 17.0. The topological polar surface area (TPSA) is 145 Å². The number of ketones is 1. The zero-order chi connectivity index (χ0) is 26.2. The molecule has 2 aliphatic heterocycles. The quantitative estimate of drug-likeness (QED) is 0.209. The van der Waals surface area contributed by atoms with Gasteiger partial charge in [0.2, 0.25) is 5.91 Å².